The minimum Gasteiger partial charge on any atom is -0.384 e. The molecule has 1 amide bonds. The topological polar surface area (TPSA) is 100 Å². The van der Waals surface area contributed by atoms with Crippen molar-refractivity contribution in [2.24, 2.45) is 7.05 Å². The van der Waals surface area contributed by atoms with Crippen LogP contribution < -0.4 is 10.9 Å². The van der Waals surface area contributed by atoms with Crippen LogP contribution in [0.3, 0.4) is 0 Å². The molecule has 11 heteroatoms. The summed E-state index contributed by atoms with van der Waals surface area (Å²) in [6, 6.07) is 4.55. The first-order valence-electron chi connectivity index (χ1n) is 12.2. The number of benzene rings is 1. The molecule has 0 saturated carbocycles. The molecule has 4 rings (SSSR count). The highest BCUT2D eigenvalue weighted by Crippen LogP contribution is 2.41. The summed E-state index contributed by atoms with van der Waals surface area (Å²) in [7, 11) is 1.46. The Kier molecular flexibility index (Phi) is 7.09. The highest BCUT2D eigenvalue weighted by molar-refractivity contribution is 5.91. The minimum absolute atomic E-state index is 0.0123. The van der Waals surface area contributed by atoms with Gasteiger partial charge in [-0.05, 0) is 50.5 Å². The van der Waals surface area contributed by atoms with Gasteiger partial charge in [0.05, 0.1) is 17.0 Å². The highest BCUT2D eigenvalue weighted by Gasteiger charge is 2.49. The van der Waals surface area contributed by atoms with Crippen molar-refractivity contribution in [3.8, 4) is 0 Å². The third kappa shape index (κ3) is 4.90. The molecule has 0 spiro atoms. The number of nitrogens with zero attached hydrogens (tertiary/aromatic N) is 4. The number of hydrogen-bond donors (Lipinski definition) is 2. The number of amides is 1. The molecule has 0 fully saturated rings. The number of nitrogens with one attached hydrogen (secondary N) is 1. The fraction of sp³-hybridized carbons (Fsp3) is 0.407. The van der Waals surface area contributed by atoms with E-state index >= 15 is 4.39 Å². The molecule has 202 valence electrons. The first-order valence-corrected chi connectivity index (χ1v) is 12.2. The third-order valence-corrected chi connectivity index (χ3v) is 6.87. The molecule has 1 aliphatic heterocycles. The number of carbonyl (C=O) groups excluding carboxylic acids is 1. The first kappa shape index (κ1) is 27.3. The molecule has 2 aromatic heterocycles. The van der Waals surface area contributed by atoms with E-state index < -0.39 is 34.5 Å². The van der Waals surface area contributed by atoms with E-state index in [0.717, 1.165) is 35.7 Å². The fourth-order valence-corrected chi connectivity index (χ4v) is 4.46. The molecule has 8 nitrogen and oxygen atoms in total. The Morgan fingerprint density at radius 3 is 2.58 bits per heavy atom. The monoisotopic (exact) mass is 529 g/mol. The zero-order valence-electron chi connectivity index (χ0n) is 21.8. The van der Waals surface area contributed by atoms with Crippen molar-refractivity contribution in [2.45, 2.75) is 51.7 Å². The molecule has 2 N–H and O–H groups in total. The van der Waals surface area contributed by atoms with Crippen LogP contribution in [0.1, 0.15) is 56.8 Å². The van der Waals surface area contributed by atoms with E-state index in [-0.39, 0.29) is 22.8 Å². The van der Waals surface area contributed by atoms with E-state index in [1.54, 1.807) is 24.1 Å². The number of pyridine rings is 1. The van der Waals surface area contributed by atoms with E-state index in [1.807, 2.05) is 6.08 Å². The van der Waals surface area contributed by atoms with E-state index in [9.17, 15) is 23.5 Å². The predicted molar refractivity (Wildman–Crippen MR) is 138 cm³/mol. The van der Waals surface area contributed by atoms with Crippen LogP contribution >= 0.6 is 0 Å². The Labute approximate surface area is 217 Å². The van der Waals surface area contributed by atoms with E-state index in [0.29, 0.717) is 24.9 Å². The van der Waals surface area contributed by atoms with E-state index in [2.05, 4.69) is 15.4 Å². The fourth-order valence-electron chi connectivity index (χ4n) is 4.46. The van der Waals surface area contributed by atoms with Gasteiger partial charge < -0.3 is 15.3 Å². The standard InChI is InChI=1S/C27H30F3N5O3/c1-15(19-7-6-8-21(22(19)28)27(29,30)26(3,4)38)32-24-20-13-18(14-31-23(20)25(37)34(5)33-24)17-9-11-35(12-10-17)16(2)36/h6-9,13-15,38H,10-12H2,1-5H3,(H,32,33)/t15-/m1/s1. The quantitative estimate of drug-likeness (QED) is 0.498. The largest absolute Gasteiger partial charge is 0.384 e. The second kappa shape index (κ2) is 9.86. The molecule has 0 unspecified atom stereocenters. The Bertz CT molecular complexity index is 1490. The number of alkyl halides is 2. The molecule has 1 aliphatic rings. The van der Waals surface area contributed by atoms with Crippen LogP contribution in [-0.2, 0) is 17.8 Å². The molecule has 0 radical (unpaired) electrons. The van der Waals surface area contributed by atoms with Gasteiger partial charge in [-0.2, -0.15) is 13.9 Å². The van der Waals surface area contributed by atoms with Gasteiger partial charge in [0.15, 0.2) is 5.82 Å². The Morgan fingerprint density at radius 1 is 1.26 bits per heavy atom. The normalized spacial score (nSPS) is 15.4. The van der Waals surface area contributed by atoms with Gasteiger partial charge in [0.1, 0.15) is 16.9 Å². The zero-order chi connectivity index (χ0) is 28.0. The lowest BCUT2D eigenvalue weighted by Crippen LogP contribution is -2.41. The number of anilines is 1. The maximum Gasteiger partial charge on any atom is 0.303 e. The maximum absolute atomic E-state index is 15.3. The third-order valence-electron chi connectivity index (χ3n) is 6.87. The molecule has 1 aromatic carbocycles. The second-order valence-corrected chi connectivity index (χ2v) is 10.1. The Morgan fingerprint density at radius 2 is 1.97 bits per heavy atom. The highest BCUT2D eigenvalue weighted by atomic mass is 19.3. The van der Waals surface area contributed by atoms with Crippen molar-refractivity contribution in [3.63, 3.8) is 0 Å². The average Bonchev–Trinajstić information content (AvgIpc) is 2.86. The number of aryl methyl sites for hydroxylation is 1. The molecule has 38 heavy (non-hydrogen) atoms. The van der Waals surface area contributed by atoms with Gasteiger partial charge in [-0.25, -0.2) is 14.1 Å². The molecule has 3 aromatic rings. The van der Waals surface area contributed by atoms with Crippen LogP contribution in [0.5, 0.6) is 0 Å². The second-order valence-electron chi connectivity index (χ2n) is 10.1. The number of carbonyl (C=O) groups is 1. The van der Waals surface area contributed by atoms with Gasteiger partial charge in [0.25, 0.3) is 5.56 Å². The van der Waals surface area contributed by atoms with Crippen LogP contribution in [0.15, 0.2) is 41.3 Å². The van der Waals surface area contributed by atoms with Crippen molar-refractivity contribution in [2.75, 3.05) is 18.4 Å². The van der Waals surface area contributed by atoms with Crippen LogP contribution in [-0.4, -0.2) is 49.4 Å². The molecule has 0 saturated heterocycles. The summed E-state index contributed by atoms with van der Waals surface area (Å²) in [6.45, 7) is 5.96. The SMILES string of the molecule is CC(=O)N1CC=C(c2cnc3c(=O)n(C)nc(N[C@H](C)c4cccc(C(F)(F)C(C)(C)O)c4F)c3c2)CC1. The van der Waals surface area contributed by atoms with Crippen LogP contribution in [0.2, 0.25) is 0 Å². The number of aliphatic hydroxyl groups is 1. The lowest BCUT2D eigenvalue weighted by atomic mass is 9.91. The summed E-state index contributed by atoms with van der Waals surface area (Å²) in [6.07, 6.45) is 4.13. The molecule has 3 heterocycles. The summed E-state index contributed by atoms with van der Waals surface area (Å²) in [5.41, 5.74) is -2.02. The van der Waals surface area contributed by atoms with Gasteiger partial charge >= 0.3 is 5.92 Å². The van der Waals surface area contributed by atoms with Crippen LogP contribution in [0.4, 0.5) is 19.0 Å². The average molecular weight is 530 g/mol. The van der Waals surface area contributed by atoms with Crippen molar-refractivity contribution in [1.29, 1.82) is 0 Å². The zero-order valence-corrected chi connectivity index (χ0v) is 21.8. The van der Waals surface area contributed by atoms with Gasteiger partial charge in [-0.15, -0.1) is 0 Å². The van der Waals surface area contributed by atoms with E-state index in [4.69, 9.17) is 0 Å². The number of rotatable bonds is 6. The minimum atomic E-state index is -3.83. The Hall–Kier alpha value is -3.73. The summed E-state index contributed by atoms with van der Waals surface area (Å²) in [4.78, 5) is 30.5. The smallest absolute Gasteiger partial charge is 0.303 e. The van der Waals surface area contributed by atoms with Crippen LogP contribution in [0, 0.1) is 5.82 Å². The molecule has 0 aliphatic carbocycles. The van der Waals surface area contributed by atoms with Crippen molar-refractivity contribution < 1.29 is 23.1 Å². The van der Waals surface area contributed by atoms with E-state index in [1.165, 1.54) is 26.1 Å². The molecule has 1 atom stereocenters. The molecular weight excluding hydrogens is 499 g/mol. The number of halogens is 3. The lowest BCUT2D eigenvalue weighted by Gasteiger charge is -2.30. The summed E-state index contributed by atoms with van der Waals surface area (Å²) in [5.74, 6) is -4.76. The summed E-state index contributed by atoms with van der Waals surface area (Å²) < 4.78 is 46.0. The number of fused-ring (bicyclic) bond motifs is 1. The first-order chi connectivity index (χ1) is 17.7. The van der Waals surface area contributed by atoms with Crippen LogP contribution in [0.25, 0.3) is 16.5 Å². The predicted octanol–water partition coefficient (Wildman–Crippen LogP) is 4.14. The van der Waals surface area contributed by atoms with Gasteiger partial charge in [0, 0.05) is 38.8 Å². The van der Waals surface area contributed by atoms with Gasteiger partial charge in [-0.1, -0.05) is 18.2 Å². The lowest BCUT2D eigenvalue weighted by molar-refractivity contribution is -0.170. The maximum atomic E-state index is 15.3. The number of hydrogen-bond acceptors (Lipinski definition) is 6. The number of aromatic nitrogens is 3. The van der Waals surface area contributed by atoms with Gasteiger partial charge in [0.2, 0.25) is 5.91 Å². The summed E-state index contributed by atoms with van der Waals surface area (Å²) >= 11 is 0. The van der Waals surface area contributed by atoms with Crippen molar-refractivity contribution in [1.82, 2.24) is 19.7 Å². The van der Waals surface area contributed by atoms with Crippen molar-refractivity contribution >= 4 is 28.2 Å². The summed E-state index contributed by atoms with van der Waals surface area (Å²) in [5, 5.41) is 17.7. The van der Waals surface area contributed by atoms with Gasteiger partial charge in [-0.3, -0.25) is 9.59 Å². The molecule has 0 bridgehead atoms. The Balaban J connectivity index is 1.74. The molecular formula is C27H30F3N5O3. The van der Waals surface area contributed by atoms with Crippen molar-refractivity contribution in [3.05, 3.63) is 69.4 Å².